The highest BCUT2D eigenvalue weighted by Gasteiger charge is 2.19. The second kappa shape index (κ2) is 9.63. The Bertz CT molecular complexity index is 1720. The summed E-state index contributed by atoms with van der Waals surface area (Å²) in [6.07, 6.45) is 1.61. The lowest BCUT2D eigenvalue weighted by molar-refractivity contribution is -0.113. The van der Waals surface area contributed by atoms with Gasteiger partial charge < -0.3 is 14.3 Å². The van der Waals surface area contributed by atoms with Crippen molar-refractivity contribution in [3.63, 3.8) is 0 Å². The normalized spacial score (nSPS) is 11.4. The van der Waals surface area contributed by atoms with Crippen LogP contribution in [0.5, 0.6) is 0 Å². The number of nitrogens with one attached hydrogen (secondary N) is 1. The van der Waals surface area contributed by atoms with Gasteiger partial charge in [0.1, 0.15) is 0 Å². The van der Waals surface area contributed by atoms with Crippen molar-refractivity contribution in [1.29, 1.82) is 0 Å². The maximum atomic E-state index is 13.0. The summed E-state index contributed by atoms with van der Waals surface area (Å²) >= 11 is 1.34. The van der Waals surface area contributed by atoms with Crippen LogP contribution in [0.1, 0.15) is 12.5 Å². The molecule has 0 spiro atoms. The van der Waals surface area contributed by atoms with Crippen molar-refractivity contribution in [2.75, 3.05) is 11.1 Å². The third kappa shape index (κ3) is 4.29. The summed E-state index contributed by atoms with van der Waals surface area (Å²) < 4.78 is 9.80. The largest absolute Gasteiger partial charge is 0.461 e. The number of thioether (sulfide) groups is 1. The van der Waals surface area contributed by atoms with E-state index in [4.69, 9.17) is 4.42 Å². The number of carbonyl (C=O) groups is 1. The van der Waals surface area contributed by atoms with Crippen molar-refractivity contribution < 1.29 is 9.21 Å². The Kier molecular flexibility index (Phi) is 6.02. The molecule has 37 heavy (non-hydrogen) atoms. The van der Waals surface area contributed by atoms with Crippen LogP contribution >= 0.6 is 11.8 Å². The van der Waals surface area contributed by atoms with Crippen molar-refractivity contribution in [2.45, 2.75) is 25.5 Å². The van der Waals surface area contributed by atoms with E-state index < -0.39 is 0 Å². The van der Waals surface area contributed by atoms with Crippen molar-refractivity contribution in [2.24, 2.45) is 0 Å². The van der Waals surface area contributed by atoms with Crippen LogP contribution in [0.4, 0.5) is 5.69 Å². The van der Waals surface area contributed by atoms with Gasteiger partial charge in [-0.05, 0) is 62.4 Å². The molecule has 3 aromatic heterocycles. The molecule has 184 valence electrons. The van der Waals surface area contributed by atoms with E-state index >= 15 is 0 Å². The molecule has 0 aliphatic carbocycles. The molecule has 3 aromatic carbocycles. The molecule has 0 unspecified atom stereocenters. The molecular formula is C29H25N5O2S. The van der Waals surface area contributed by atoms with Crippen LogP contribution in [0, 0.1) is 6.92 Å². The Morgan fingerprint density at radius 2 is 1.76 bits per heavy atom. The minimum atomic E-state index is -0.110. The van der Waals surface area contributed by atoms with Crippen LogP contribution in [-0.2, 0) is 11.3 Å². The van der Waals surface area contributed by atoms with Crippen molar-refractivity contribution in [3.05, 3.63) is 90.7 Å². The van der Waals surface area contributed by atoms with E-state index in [9.17, 15) is 4.79 Å². The van der Waals surface area contributed by atoms with E-state index in [1.165, 1.54) is 22.7 Å². The van der Waals surface area contributed by atoms with Gasteiger partial charge in [-0.2, -0.15) is 0 Å². The maximum Gasteiger partial charge on any atom is 0.234 e. The molecule has 6 rings (SSSR count). The Hall–Kier alpha value is -4.30. The number of anilines is 1. The number of carbonyl (C=O) groups excluding carboxylic acids is 1. The predicted molar refractivity (Wildman–Crippen MR) is 148 cm³/mol. The first-order chi connectivity index (χ1) is 18.1. The Morgan fingerprint density at radius 1 is 0.946 bits per heavy atom. The second-order valence-electron chi connectivity index (χ2n) is 8.78. The molecule has 3 heterocycles. The fraction of sp³-hybridized carbons (Fsp3) is 0.138. The average molecular weight is 508 g/mol. The summed E-state index contributed by atoms with van der Waals surface area (Å²) in [6.45, 7) is 5.07. The van der Waals surface area contributed by atoms with Crippen LogP contribution in [0.25, 0.3) is 39.1 Å². The molecular weight excluding hydrogens is 482 g/mol. The summed E-state index contributed by atoms with van der Waals surface area (Å²) in [5, 5.41) is 14.7. The number of para-hydroxylation sites is 1. The number of aromatic nitrogens is 4. The molecule has 0 aliphatic rings. The summed E-state index contributed by atoms with van der Waals surface area (Å²) in [5.74, 6) is 1.29. The highest BCUT2D eigenvalue weighted by Crippen LogP contribution is 2.32. The van der Waals surface area contributed by atoms with E-state index in [0.29, 0.717) is 16.7 Å². The summed E-state index contributed by atoms with van der Waals surface area (Å²) in [7, 11) is 0. The zero-order valence-corrected chi connectivity index (χ0v) is 21.3. The van der Waals surface area contributed by atoms with Gasteiger partial charge >= 0.3 is 0 Å². The van der Waals surface area contributed by atoms with Crippen molar-refractivity contribution in [3.8, 4) is 17.3 Å². The second-order valence-corrected chi connectivity index (χ2v) is 9.73. The van der Waals surface area contributed by atoms with Gasteiger partial charge in [-0.3, -0.25) is 9.36 Å². The highest BCUT2D eigenvalue weighted by molar-refractivity contribution is 7.99. The minimum Gasteiger partial charge on any atom is -0.461 e. The number of furan rings is 1. The van der Waals surface area contributed by atoms with Crippen molar-refractivity contribution in [1.82, 2.24) is 19.3 Å². The first-order valence-corrected chi connectivity index (χ1v) is 13.1. The smallest absolute Gasteiger partial charge is 0.234 e. The van der Waals surface area contributed by atoms with E-state index in [1.807, 2.05) is 60.0 Å². The first-order valence-electron chi connectivity index (χ1n) is 12.1. The first kappa shape index (κ1) is 23.1. The molecule has 0 atom stereocenters. The predicted octanol–water partition coefficient (Wildman–Crippen LogP) is 6.69. The fourth-order valence-corrected chi connectivity index (χ4v) is 5.41. The molecule has 0 radical (unpaired) electrons. The van der Waals surface area contributed by atoms with Gasteiger partial charge in [-0.1, -0.05) is 47.7 Å². The lowest BCUT2D eigenvalue weighted by Crippen LogP contribution is -2.14. The molecule has 0 aliphatic heterocycles. The van der Waals surface area contributed by atoms with Crippen LogP contribution in [-0.4, -0.2) is 31.0 Å². The number of rotatable bonds is 7. The number of hydrogen-bond acceptors (Lipinski definition) is 5. The van der Waals surface area contributed by atoms with E-state index in [1.54, 1.807) is 6.26 Å². The van der Waals surface area contributed by atoms with Crippen LogP contribution < -0.4 is 5.32 Å². The third-order valence-electron chi connectivity index (χ3n) is 6.37. The fourth-order valence-electron chi connectivity index (χ4n) is 4.65. The van der Waals surface area contributed by atoms with Crippen LogP contribution in [0.2, 0.25) is 0 Å². The monoisotopic (exact) mass is 507 g/mol. The molecule has 0 bridgehead atoms. The lowest BCUT2D eigenvalue weighted by Gasteiger charge is -2.10. The number of aryl methyl sites for hydroxylation is 2. The number of hydrogen-bond donors (Lipinski definition) is 1. The van der Waals surface area contributed by atoms with Crippen LogP contribution in [0.15, 0.2) is 94.7 Å². The van der Waals surface area contributed by atoms with Gasteiger partial charge in [0.2, 0.25) is 11.7 Å². The zero-order chi connectivity index (χ0) is 25.4. The Labute approximate surface area is 218 Å². The molecule has 1 amide bonds. The molecule has 0 fully saturated rings. The number of benzene rings is 3. The van der Waals surface area contributed by atoms with Crippen molar-refractivity contribution >= 4 is 45.2 Å². The maximum absolute atomic E-state index is 13.0. The van der Waals surface area contributed by atoms with Gasteiger partial charge in [0.15, 0.2) is 10.9 Å². The summed E-state index contributed by atoms with van der Waals surface area (Å²) in [4.78, 5) is 13.0. The number of amides is 1. The van der Waals surface area contributed by atoms with Gasteiger partial charge in [0, 0.05) is 39.7 Å². The zero-order valence-electron chi connectivity index (χ0n) is 20.5. The molecule has 1 N–H and O–H groups in total. The molecule has 0 saturated carbocycles. The summed E-state index contributed by atoms with van der Waals surface area (Å²) in [5.41, 5.74) is 5.19. The molecule has 0 saturated heterocycles. The topological polar surface area (TPSA) is 77.9 Å². The average Bonchev–Trinajstić information content (AvgIpc) is 3.65. The molecule has 8 heteroatoms. The van der Waals surface area contributed by atoms with Crippen LogP contribution in [0.3, 0.4) is 0 Å². The van der Waals surface area contributed by atoms with Gasteiger partial charge in [-0.25, -0.2) is 0 Å². The SMILES string of the molecule is CCn1c2ccccc2c2cc(NC(=O)CSc3nnc(-c4ccco4)n3-c3ccc(C)cc3)ccc21. The van der Waals surface area contributed by atoms with E-state index in [2.05, 4.69) is 57.3 Å². The van der Waals surface area contributed by atoms with Gasteiger partial charge in [-0.15, -0.1) is 10.2 Å². The quantitative estimate of drug-likeness (QED) is 0.244. The number of nitrogens with zero attached hydrogens (tertiary/aromatic N) is 4. The highest BCUT2D eigenvalue weighted by atomic mass is 32.2. The van der Waals surface area contributed by atoms with E-state index in [0.717, 1.165) is 34.4 Å². The third-order valence-corrected chi connectivity index (χ3v) is 7.30. The molecule has 7 nitrogen and oxygen atoms in total. The summed E-state index contributed by atoms with van der Waals surface area (Å²) in [6, 6.07) is 26.2. The van der Waals surface area contributed by atoms with Gasteiger partial charge in [0.25, 0.3) is 0 Å². The van der Waals surface area contributed by atoms with Gasteiger partial charge in [0.05, 0.1) is 12.0 Å². The Morgan fingerprint density at radius 3 is 2.54 bits per heavy atom. The minimum absolute atomic E-state index is 0.110. The lowest BCUT2D eigenvalue weighted by atomic mass is 10.1. The Balaban J connectivity index is 1.25. The number of fused-ring (bicyclic) bond motifs is 3. The standard InChI is InChI=1S/C29H25N5O2S/c1-3-33-24-8-5-4-7-22(24)23-17-20(12-15-25(23)33)30-27(35)18-37-29-32-31-28(26-9-6-16-36-26)34(29)21-13-10-19(2)11-14-21/h4-17H,3,18H2,1-2H3,(H,30,35). The van der Waals surface area contributed by atoms with E-state index in [-0.39, 0.29) is 11.7 Å². The molecule has 6 aromatic rings.